The number of benzene rings is 2. The number of hydrogen-bond donors (Lipinski definition) is 3. The lowest BCUT2D eigenvalue weighted by atomic mass is 10.0. The Morgan fingerprint density at radius 2 is 2.00 bits per heavy atom. The molecule has 0 aliphatic heterocycles. The van der Waals surface area contributed by atoms with Crippen LogP contribution < -0.4 is 11.1 Å². The van der Waals surface area contributed by atoms with Crippen molar-refractivity contribution >= 4 is 23.1 Å². The SMILES string of the molecule is NC(CC(Nc1ccc(Cl)cc1F)c1ccccc1)=NO. The predicted octanol–water partition coefficient (Wildman–Crippen LogP) is 3.77. The average Bonchev–Trinajstić information content (AvgIpc) is 2.49. The Labute approximate surface area is 127 Å². The molecule has 1 atom stereocenters. The molecule has 4 N–H and O–H groups in total. The first-order chi connectivity index (χ1) is 10.1. The van der Waals surface area contributed by atoms with Crippen LogP contribution in [-0.4, -0.2) is 11.0 Å². The summed E-state index contributed by atoms with van der Waals surface area (Å²) in [5, 5.41) is 15.1. The van der Waals surface area contributed by atoms with Crippen molar-refractivity contribution in [2.24, 2.45) is 10.9 Å². The highest BCUT2D eigenvalue weighted by Gasteiger charge is 2.15. The van der Waals surface area contributed by atoms with E-state index in [1.165, 1.54) is 6.07 Å². The van der Waals surface area contributed by atoms with E-state index in [4.69, 9.17) is 22.5 Å². The average molecular weight is 308 g/mol. The fraction of sp³-hybridized carbons (Fsp3) is 0.133. The second-order valence-electron chi connectivity index (χ2n) is 4.53. The lowest BCUT2D eigenvalue weighted by molar-refractivity contribution is 0.316. The fourth-order valence-electron chi connectivity index (χ4n) is 1.98. The number of hydrogen-bond acceptors (Lipinski definition) is 3. The molecule has 0 amide bonds. The Morgan fingerprint density at radius 1 is 1.29 bits per heavy atom. The number of oxime groups is 1. The molecule has 0 bridgehead atoms. The predicted molar refractivity (Wildman–Crippen MR) is 82.2 cm³/mol. The maximum absolute atomic E-state index is 13.9. The highest BCUT2D eigenvalue weighted by molar-refractivity contribution is 6.30. The molecule has 2 aromatic rings. The van der Waals surface area contributed by atoms with Gasteiger partial charge >= 0.3 is 0 Å². The van der Waals surface area contributed by atoms with E-state index in [-0.39, 0.29) is 18.3 Å². The maximum Gasteiger partial charge on any atom is 0.147 e. The molecule has 21 heavy (non-hydrogen) atoms. The molecule has 0 saturated carbocycles. The standard InChI is InChI=1S/C15H15ClFN3O/c16-11-6-7-13(12(17)8-11)19-14(9-15(18)20-21)10-4-2-1-3-5-10/h1-8,14,19,21H,9H2,(H2,18,20). The summed E-state index contributed by atoms with van der Waals surface area (Å²) < 4.78 is 13.9. The normalized spacial score (nSPS) is 13.0. The first-order valence-electron chi connectivity index (χ1n) is 6.33. The van der Waals surface area contributed by atoms with Gasteiger partial charge in [-0.05, 0) is 23.8 Å². The molecule has 6 heteroatoms. The quantitative estimate of drug-likeness (QED) is 0.341. The zero-order valence-corrected chi connectivity index (χ0v) is 11.9. The third kappa shape index (κ3) is 4.10. The van der Waals surface area contributed by atoms with E-state index in [0.717, 1.165) is 5.56 Å². The number of halogens is 2. The molecular formula is C15H15ClFN3O. The largest absolute Gasteiger partial charge is 0.409 e. The van der Waals surface area contributed by atoms with Gasteiger partial charge < -0.3 is 16.3 Å². The first-order valence-corrected chi connectivity index (χ1v) is 6.71. The van der Waals surface area contributed by atoms with Crippen LogP contribution in [0.2, 0.25) is 5.02 Å². The van der Waals surface area contributed by atoms with Crippen LogP contribution in [-0.2, 0) is 0 Å². The van der Waals surface area contributed by atoms with Crippen molar-refractivity contribution in [3.05, 3.63) is 64.9 Å². The summed E-state index contributed by atoms with van der Waals surface area (Å²) >= 11 is 5.74. The lowest BCUT2D eigenvalue weighted by Gasteiger charge is -2.20. The molecule has 0 aromatic heterocycles. The second-order valence-corrected chi connectivity index (χ2v) is 4.96. The molecule has 2 rings (SSSR count). The van der Waals surface area contributed by atoms with Crippen LogP contribution in [0.1, 0.15) is 18.0 Å². The third-order valence-corrected chi connectivity index (χ3v) is 3.24. The minimum atomic E-state index is -0.456. The minimum Gasteiger partial charge on any atom is -0.409 e. The Hall–Kier alpha value is -2.27. The van der Waals surface area contributed by atoms with Gasteiger partial charge in [-0.2, -0.15) is 0 Å². The van der Waals surface area contributed by atoms with Crippen molar-refractivity contribution in [3.63, 3.8) is 0 Å². The van der Waals surface area contributed by atoms with E-state index in [1.54, 1.807) is 12.1 Å². The fourth-order valence-corrected chi connectivity index (χ4v) is 2.14. The number of rotatable bonds is 5. The highest BCUT2D eigenvalue weighted by Crippen LogP contribution is 2.26. The summed E-state index contributed by atoms with van der Waals surface area (Å²) in [6.07, 6.45) is 0.239. The van der Waals surface area contributed by atoms with Gasteiger partial charge in [0.2, 0.25) is 0 Å². The van der Waals surface area contributed by atoms with Gasteiger partial charge in [0, 0.05) is 11.4 Å². The molecular weight excluding hydrogens is 293 g/mol. The van der Waals surface area contributed by atoms with E-state index >= 15 is 0 Å². The first kappa shape index (κ1) is 15.1. The van der Waals surface area contributed by atoms with E-state index < -0.39 is 5.82 Å². The number of anilines is 1. The molecule has 0 spiro atoms. The van der Waals surface area contributed by atoms with Crippen molar-refractivity contribution in [2.75, 3.05) is 5.32 Å². The smallest absolute Gasteiger partial charge is 0.147 e. The summed E-state index contributed by atoms with van der Waals surface area (Å²) in [5.41, 5.74) is 6.78. The highest BCUT2D eigenvalue weighted by atomic mass is 35.5. The summed E-state index contributed by atoms with van der Waals surface area (Å²) in [7, 11) is 0. The van der Waals surface area contributed by atoms with Gasteiger partial charge in [0.05, 0.1) is 11.7 Å². The molecule has 0 radical (unpaired) electrons. The van der Waals surface area contributed by atoms with Crippen molar-refractivity contribution in [1.82, 2.24) is 0 Å². The molecule has 4 nitrogen and oxygen atoms in total. The van der Waals surface area contributed by atoms with Gasteiger partial charge in [-0.3, -0.25) is 0 Å². The van der Waals surface area contributed by atoms with Gasteiger partial charge in [-0.1, -0.05) is 47.1 Å². The number of amidine groups is 1. The van der Waals surface area contributed by atoms with E-state index in [1.807, 2.05) is 30.3 Å². The Morgan fingerprint density at radius 3 is 2.62 bits per heavy atom. The van der Waals surface area contributed by atoms with Crippen LogP contribution in [0.15, 0.2) is 53.7 Å². The monoisotopic (exact) mass is 307 g/mol. The van der Waals surface area contributed by atoms with E-state index in [9.17, 15) is 4.39 Å². The minimum absolute atomic E-state index is 0.0609. The molecule has 0 saturated heterocycles. The molecule has 0 aliphatic rings. The maximum atomic E-state index is 13.9. The molecule has 2 aromatic carbocycles. The van der Waals surface area contributed by atoms with Crippen molar-refractivity contribution in [3.8, 4) is 0 Å². The van der Waals surface area contributed by atoms with Crippen LogP contribution >= 0.6 is 11.6 Å². The van der Waals surface area contributed by atoms with Gasteiger partial charge in [-0.15, -0.1) is 0 Å². The van der Waals surface area contributed by atoms with Crippen molar-refractivity contribution in [1.29, 1.82) is 0 Å². The summed E-state index contributed by atoms with van der Waals surface area (Å²) in [6, 6.07) is 13.5. The third-order valence-electron chi connectivity index (χ3n) is 3.00. The van der Waals surface area contributed by atoms with E-state index in [2.05, 4.69) is 10.5 Å². The van der Waals surface area contributed by atoms with Crippen LogP contribution in [0.4, 0.5) is 10.1 Å². The summed E-state index contributed by atoms with van der Waals surface area (Å²) in [4.78, 5) is 0. The van der Waals surface area contributed by atoms with Gasteiger partial charge in [0.15, 0.2) is 0 Å². The van der Waals surface area contributed by atoms with Gasteiger partial charge in [-0.25, -0.2) is 4.39 Å². The summed E-state index contributed by atoms with van der Waals surface area (Å²) in [6.45, 7) is 0. The van der Waals surface area contributed by atoms with Crippen molar-refractivity contribution in [2.45, 2.75) is 12.5 Å². The summed E-state index contributed by atoms with van der Waals surface area (Å²) in [5.74, 6) is -0.395. The number of nitrogens with two attached hydrogens (primary N) is 1. The van der Waals surface area contributed by atoms with Crippen LogP contribution in [0, 0.1) is 5.82 Å². The Balaban J connectivity index is 2.27. The zero-order valence-electron chi connectivity index (χ0n) is 11.1. The lowest BCUT2D eigenvalue weighted by Crippen LogP contribution is -2.21. The van der Waals surface area contributed by atoms with Crippen molar-refractivity contribution < 1.29 is 9.60 Å². The Bertz CT molecular complexity index is 634. The van der Waals surface area contributed by atoms with Crippen LogP contribution in [0.25, 0.3) is 0 Å². The topological polar surface area (TPSA) is 70.6 Å². The second kappa shape index (κ2) is 6.95. The van der Waals surface area contributed by atoms with Crippen LogP contribution in [0.3, 0.4) is 0 Å². The zero-order chi connectivity index (χ0) is 15.2. The van der Waals surface area contributed by atoms with Gasteiger partial charge in [0.1, 0.15) is 11.7 Å². The molecule has 110 valence electrons. The molecule has 0 aliphatic carbocycles. The number of nitrogens with zero attached hydrogens (tertiary/aromatic N) is 1. The van der Waals surface area contributed by atoms with Crippen LogP contribution in [0.5, 0.6) is 0 Å². The Kier molecular flexibility index (Phi) is 5.00. The molecule has 1 unspecified atom stereocenters. The number of nitrogens with one attached hydrogen (secondary N) is 1. The molecule has 0 heterocycles. The van der Waals surface area contributed by atoms with E-state index in [0.29, 0.717) is 10.7 Å². The van der Waals surface area contributed by atoms with Gasteiger partial charge in [0.25, 0.3) is 0 Å². The molecule has 0 fully saturated rings.